The minimum Gasteiger partial charge on any atom is -0.508 e. The maximum absolute atomic E-state index is 13.0. The molecule has 4 atom stereocenters. The van der Waals surface area contributed by atoms with Gasteiger partial charge in [-0.05, 0) is 85.3 Å². The average Bonchev–Trinajstić information content (AvgIpc) is 3.36. The van der Waals surface area contributed by atoms with Gasteiger partial charge in [0.1, 0.15) is 11.4 Å². The zero-order valence-electron chi connectivity index (χ0n) is 18.3. The third-order valence-electron chi connectivity index (χ3n) is 8.32. The highest BCUT2D eigenvalue weighted by molar-refractivity contribution is 5.94. The summed E-state index contributed by atoms with van der Waals surface area (Å²) in [6.07, 6.45) is 6.99. The molecule has 2 heterocycles. The monoisotopic (exact) mass is 428 g/mol. The number of hydrogen-bond donors (Lipinski definition) is 3. The molecule has 2 aromatic heterocycles. The van der Waals surface area contributed by atoms with E-state index in [1.807, 2.05) is 30.3 Å². The Hall–Kier alpha value is -3.15. The minimum atomic E-state index is -0.104. The standard InChI is InChI=1S/C26H28N4O2/c1-26-10-9-19-18-8-6-17(31)12-15(18)5-7-20(19)22(26)13-21-23(29-30-24(21)26)25(32)28-14-16-4-2-3-11-27-16/h2-4,6,8,11-12,19-20,22,31H,5,7,9-10,13-14H2,1H3,(H,28,32)(H,29,30)/t19?,20?,22?,26-/m0/s1. The van der Waals surface area contributed by atoms with Crippen LogP contribution in [0.4, 0.5) is 0 Å². The summed E-state index contributed by atoms with van der Waals surface area (Å²) >= 11 is 0. The SMILES string of the molecule is C[C@]12CCC3c4ccc(O)cc4CCC3C1Cc1c2n[nH]c1C(=O)NCc1ccccn1. The molecule has 0 spiro atoms. The van der Waals surface area contributed by atoms with Crippen molar-refractivity contribution in [3.05, 3.63) is 76.4 Å². The molecule has 1 saturated carbocycles. The number of benzene rings is 1. The lowest BCUT2D eigenvalue weighted by Crippen LogP contribution is -2.43. The van der Waals surface area contributed by atoms with Gasteiger partial charge in [-0.3, -0.25) is 14.9 Å². The fourth-order valence-electron chi connectivity index (χ4n) is 6.77. The van der Waals surface area contributed by atoms with Crippen molar-refractivity contribution in [2.24, 2.45) is 11.8 Å². The van der Waals surface area contributed by atoms with Gasteiger partial charge < -0.3 is 10.4 Å². The number of carbonyl (C=O) groups is 1. The number of aromatic amines is 1. The van der Waals surface area contributed by atoms with Gasteiger partial charge in [0, 0.05) is 17.2 Å². The van der Waals surface area contributed by atoms with Crippen molar-refractivity contribution in [2.45, 2.75) is 56.9 Å². The summed E-state index contributed by atoms with van der Waals surface area (Å²) in [7, 11) is 0. The van der Waals surface area contributed by atoms with Crippen molar-refractivity contribution in [1.29, 1.82) is 0 Å². The van der Waals surface area contributed by atoms with Gasteiger partial charge in [0.25, 0.3) is 5.91 Å². The molecule has 1 amide bonds. The van der Waals surface area contributed by atoms with Gasteiger partial charge in [0.2, 0.25) is 0 Å². The van der Waals surface area contributed by atoms with Crippen LogP contribution in [-0.4, -0.2) is 26.2 Å². The van der Waals surface area contributed by atoms with Crippen LogP contribution >= 0.6 is 0 Å². The molecular weight excluding hydrogens is 400 g/mol. The number of H-pyrrole nitrogens is 1. The number of carbonyl (C=O) groups excluding carboxylic acids is 1. The van der Waals surface area contributed by atoms with Crippen LogP contribution in [0.15, 0.2) is 42.6 Å². The third kappa shape index (κ3) is 2.89. The predicted molar refractivity (Wildman–Crippen MR) is 120 cm³/mol. The number of phenolic OH excluding ortho intramolecular Hbond substituents is 1. The lowest BCUT2D eigenvalue weighted by Gasteiger charge is -2.49. The predicted octanol–water partition coefficient (Wildman–Crippen LogP) is 4.01. The first-order chi connectivity index (χ1) is 15.5. The molecule has 0 saturated heterocycles. The number of nitrogens with one attached hydrogen (secondary N) is 2. The fourth-order valence-corrected chi connectivity index (χ4v) is 6.77. The summed E-state index contributed by atoms with van der Waals surface area (Å²) < 4.78 is 0. The molecule has 0 aliphatic heterocycles. The molecule has 0 bridgehead atoms. The zero-order chi connectivity index (χ0) is 21.9. The number of aromatic nitrogens is 3. The molecule has 6 heteroatoms. The Kier molecular flexibility index (Phi) is 4.39. The molecule has 3 unspecified atom stereocenters. The van der Waals surface area contributed by atoms with Gasteiger partial charge in [-0.2, -0.15) is 5.10 Å². The first kappa shape index (κ1) is 19.5. The number of aromatic hydroxyl groups is 1. The summed E-state index contributed by atoms with van der Waals surface area (Å²) in [6, 6.07) is 11.6. The summed E-state index contributed by atoms with van der Waals surface area (Å²) in [5.41, 5.74) is 6.40. The third-order valence-corrected chi connectivity index (χ3v) is 8.32. The van der Waals surface area contributed by atoms with Crippen molar-refractivity contribution in [1.82, 2.24) is 20.5 Å². The van der Waals surface area contributed by atoms with Crippen molar-refractivity contribution in [3.8, 4) is 5.75 Å². The molecule has 3 N–H and O–H groups in total. The van der Waals surface area contributed by atoms with Crippen LogP contribution in [0.5, 0.6) is 5.75 Å². The molecule has 1 fully saturated rings. The lowest BCUT2D eigenvalue weighted by atomic mass is 9.55. The van der Waals surface area contributed by atoms with E-state index in [0.717, 1.165) is 49.1 Å². The van der Waals surface area contributed by atoms with E-state index in [-0.39, 0.29) is 11.3 Å². The molecule has 3 aromatic rings. The molecule has 6 nitrogen and oxygen atoms in total. The number of nitrogens with zero attached hydrogens (tertiary/aromatic N) is 2. The Morgan fingerprint density at radius 2 is 2.19 bits per heavy atom. The lowest BCUT2D eigenvalue weighted by molar-refractivity contribution is 0.0937. The summed E-state index contributed by atoms with van der Waals surface area (Å²) in [4.78, 5) is 17.3. The van der Waals surface area contributed by atoms with E-state index >= 15 is 0 Å². The Balaban J connectivity index is 1.26. The van der Waals surface area contributed by atoms with E-state index in [9.17, 15) is 9.90 Å². The van der Waals surface area contributed by atoms with Crippen LogP contribution in [0.2, 0.25) is 0 Å². The van der Waals surface area contributed by atoms with E-state index < -0.39 is 0 Å². The first-order valence-corrected chi connectivity index (χ1v) is 11.6. The highest BCUT2D eigenvalue weighted by Crippen LogP contribution is 2.60. The average molecular weight is 429 g/mol. The molecule has 164 valence electrons. The number of pyridine rings is 1. The summed E-state index contributed by atoms with van der Waals surface area (Å²) in [6.45, 7) is 2.75. The smallest absolute Gasteiger partial charge is 0.269 e. The van der Waals surface area contributed by atoms with Gasteiger partial charge in [-0.25, -0.2) is 0 Å². The second-order valence-electron chi connectivity index (χ2n) is 9.89. The number of rotatable bonds is 3. The van der Waals surface area contributed by atoms with Gasteiger partial charge in [0.05, 0.1) is 17.9 Å². The number of hydrogen-bond acceptors (Lipinski definition) is 4. The molecule has 3 aliphatic rings. The van der Waals surface area contributed by atoms with Crippen LogP contribution < -0.4 is 5.32 Å². The van der Waals surface area contributed by atoms with Crippen molar-refractivity contribution < 1.29 is 9.90 Å². The Bertz CT molecular complexity index is 1190. The summed E-state index contributed by atoms with van der Waals surface area (Å²) in [5.74, 6) is 1.88. The van der Waals surface area contributed by atoms with Crippen LogP contribution in [0.3, 0.4) is 0 Å². The van der Waals surface area contributed by atoms with Crippen LogP contribution in [0.1, 0.15) is 70.7 Å². The molecule has 0 radical (unpaired) electrons. The van der Waals surface area contributed by atoms with Crippen molar-refractivity contribution in [3.63, 3.8) is 0 Å². The maximum atomic E-state index is 13.0. The molecule has 32 heavy (non-hydrogen) atoms. The second-order valence-corrected chi connectivity index (χ2v) is 9.89. The molecule has 3 aliphatic carbocycles. The second kappa shape index (κ2) is 7.19. The van der Waals surface area contributed by atoms with Crippen LogP contribution in [0, 0.1) is 11.8 Å². The van der Waals surface area contributed by atoms with E-state index in [1.165, 1.54) is 11.1 Å². The maximum Gasteiger partial charge on any atom is 0.269 e. The van der Waals surface area contributed by atoms with Crippen molar-refractivity contribution in [2.75, 3.05) is 0 Å². The minimum absolute atomic E-state index is 0.0148. The van der Waals surface area contributed by atoms with Gasteiger partial charge >= 0.3 is 0 Å². The van der Waals surface area contributed by atoms with E-state index in [0.29, 0.717) is 35.7 Å². The van der Waals surface area contributed by atoms with Crippen molar-refractivity contribution >= 4 is 5.91 Å². The fraction of sp³-hybridized carbons (Fsp3) is 0.423. The highest BCUT2D eigenvalue weighted by atomic mass is 16.3. The van der Waals surface area contributed by atoms with Crippen LogP contribution in [0.25, 0.3) is 0 Å². The molecule has 6 rings (SSSR count). The normalized spacial score (nSPS) is 27.7. The largest absolute Gasteiger partial charge is 0.508 e. The van der Waals surface area contributed by atoms with Gasteiger partial charge in [-0.15, -0.1) is 0 Å². The van der Waals surface area contributed by atoms with Gasteiger partial charge in [-0.1, -0.05) is 19.1 Å². The molecule has 1 aromatic carbocycles. The van der Waals surface area contributed by atoms with E-state index in [1.54, 1.807) is 6.20 Å². The first-order valence-electron chi connectivity index (χ1n) is 11.6. The quantitative estimate of drug-likeness (QED) is 0.588. The van der Waals surface area contributed by atoms with E-state index in [4.69, 9.17) is 0 Å². The Labute approximate surface area is 187 Å². The molecular formula is C26H28N4O2. The number of phenols is 1. The van der Waals surface area contributed by atoms with Crippen LogP contribution in [-0.2, 0) is 24.8 Å². The number of aryl methyl sites for hydroxylation is 1. The Morgan fingerprint density at radius 1 is 1.28 bits per heavy atom. The Morgan fingerprint density at radius 3 is 3.03 bits per heavy atom. The topological polar surface area (TPSA) is 90.9 Å². The zero-order valence-corrected chi connectivity index (χ0v) is 18.3. The van der Waals surface area contributed by atoms with Gasteiger partial charge in [0.15, 0.2) is 0 Å². The summed E-state index contributed by atoms with van der Waals surface area (Å²) in [5, 5.41) is 20.7. The number of fused-ring (bicyclic) bond motifs is 7. The van der Waals surface area contributed by atoms with E-state index in [2.05, 4.69) is 33.5 Å². The highest BCUT2D eigenvalue weighted by Gasteiger charge is 2.55. The number of amides is 1.